The molecule has 21 heavy (non-hydrogen) atoms. The minimum absolute atomic E-state index is 0.153. The first-order valence-electron chi connectivity index (χ1n) is 8.02. The molecule has 0 radical (unpaired) electrons. The Balaban J connectivity index is 1.62. The summed E-state index contributed by atoms with van der Waals surface area (Å²) in [6, 6.07) is 0. The first-order chi connectivity index (χ1) is 10.2. The van der Waals surface area contributed by atoms with Gasteiger partial charge in [-0.05, 0) is 25.2 Å². The maximum atomic E-state index is 11.9. The molecular formula is C16H27N3O2. The van der Waals surface area contributed by atoms with Crippen molar-refractivity contribution in [2.24, 2.45) is 5.92 Å². The van der Waals surface area contributed by atoms with Gasteiger partial charge in [0.25, 0.3) is 0 Å². The van der Waals surface area contributed by atoms with Crippen LogP contribution in [-0.2, 0) is 16.1 Å². The van der Waals surface area contributed by atoms with Gasteiger partial charge in [0.2, 0.25) is 5.91 Å². The largest absolute Gasteiger partial charge is 0.381 e. The molecule has 1 fully saturated rings. The topological polar surface area (TPSA) is 56.2 Å². The normalized spacial score (nSPS) is 18.9. The number of aryl methyl sites for hydroxylation is 1. The van der Waals surface area contributed by atoms with Crippen molar-refractivity contribution in [3.8, 4) is 0 Å². The summed E-state index contributed by atoms with van der Waals surface area (Å²) in [4.78, 5) is 16.2. The number of ether oxygens (including phenoxy) is 1. The number of rotatable bonds is 7. The fraction of sp³-hybridized carbons (Fsp3) is 0.750. The van der Waals surface area contributed by atoms with Crippen molar-refractivity contribution in [3.63, 3.8) is 0 Å². The number of nitrogens with zero attached hydrogens (tertiary/aromatic N) is 2. The van der Waals surface area contributed by atoms with E-state index in [1.165, 1.54) is 0 Å². The molecule has 2 heterocycles. The smallest absolute Gasteiger partial charge is 0.220 e. The summed E-state index contributed by atoms with van der Waals surface area (Å²) >= 11 is 0. The van der Waals surface area contributed by atoms with Crippen molar-refractivity contribution in [1.29, 1.82) is 0 Å². The average Bonchev–Trinajstić information content (AvgIpc) is 2.93. The van der Waals surface area contributed by atoms with Crippen LogP contribution >= 0.6 is 0 Å². The summed E-state index contributed by atoms with van der Waals surface area (Å²) in [6.07, 6.45) is 7.58. The molecule has 2 rings (SSSR count). The molecule has 1 aromatic rings. The van der Waals surface area contributed by atoms with E-state index < -0.39 is 0 Å². The van der Waals surface area contributed by atoms with Gasteiger partial charge in [0.15, 0.2) is 0 Å². The van der Waals surface area contributed by atoms with Gasteiger partial charge in [-0.1, -0.05) is 13.8 Å². The number of imidazole rings is 1. The second-order valence-corrected chi connectivity index (χ2v) is 6.12. The van der Waals surface area contributed by atoms with Gasteiger partial charge in [-0.2, -0.15) is 0 Å². The van der Waals surface area contributed by atoms with Gasteiger partial charge >= 0.3 is 0 Å². The van der Waals surface area contributed by atoms with Crippen LogP contribution in [0.5, 0.6) is 0 Å². The first-order valence-corrected chi connectivity index (χ1v) is 8.02. The number of carbonyl (C=O) groups is 1. The molecule has 0 aliphatic carbocycles. The Kier molecular flexibility index (Phi) is 6.23. The number of amides is 1. The number of hydrogen-bond acceptors (Lipinski definition) is 3. The molecule has 1 N–H and O–H groups in total. The lowest BCUT2D eigenvalue weighted by Crippen LogP contribution is -2.29. The summed E-state index contributed by atoms with van der Waals surface area (Å²) in [7, 11) is 0. The van der Waals surface area contributed by atoms with Crippen LogP contribution in [0.2, 0.25) is 0 Å². The van der Waals surface area contributed by atoms with Gasteiger partial charge < -0.3 is 14.6 Å². The zero-order valence-corrected chi connectivity index (χ0v) is 13.2. The van der Waals surface area contributed by atoms with Crippen LogP contribution in [0.3, 0.4) is 0 Å². The molecule has 1 aliphatic heterocycles. The lowest BCUT2D eigenvalue weighted by atomic mass is 9.98. The van der Waals surface area contributed by atoms with Gasteiger partial charge in [-0.15, -0.1) is 0 Å². The molecule has 0 unspecified atom stereocenters. The van der Waals surface area contributed by atoms with Crippen molar-refractivity contribution in [3.05, 3.63) is 18.2 Å². The van der Waals surface area contributed by atoms with Crippen LogP contribution in [-0.4, -0.2) is 35.2 Å². The molecule has 0 bridgehead atoms. The third kappa shape index (κ3) is 5.16. The van der Waals surface area contributed by atoms with Crippen LogP contribution in [0.25, 0.3) is 0 Å². The highest BCUT2D eigenvalue weighted by molar-refractivity contribution is 5.76. The van der Waals surface area contributed by atoms with E-state index >= 15 is 0 Å². The molecule has 1 saturated heterocycles. The lowest BCUT2D eigenvalue weighted by Gasteiger charge is -2.21. The van der Waals surface area contributed by atoms with Crippen molar-refractivity contribution >= 4 is 5.91 Å². The van der Waals surface area contributed by atoms with E-state index in [1.807, 2.05) is 12.4 Å². The quantitative estimate of drug-likeness (QED) is 0.785. The van der Waals surface area contributed by atoms with Crippen LogP contribution in [0.4, 0.5) is 0 Å². The van der Waals surface area contributed by atoms with E-state index in [0.717, 1.165) is 51.4 Å². The Morgan fingerprint density at radius 2 is 2.43 bits per heavy atom. The maximum Gasteiger partial charge on any atom is 0.220 e. The van der Waals surface area contributed by atoms with E-state index in [4.69, 9.17) is 4.74 Å². The van der Waals surface area contributed by atoms with Crippen LogP contribution < -0.4 is 5.32 Å². The highest BCUT2D eigenvalue weighted by Crippen LogP contribution is 2.16. The molecule has 118 valence electrons. The average molecular weight is 293 g/mol. The SMILES string of the molecule is CC(C)c1nccn1CCCNC(=O)C[C@@H]1CCCOC1. The number of carbonyl (C=O) groups excluding carboxylic acids is 1. The molecule has 1 aliphatic rings. The third-order valence-corrected chi connectivity index (χ3v) is 3.89. The third-order valence-electron chi connectivity index (χ3n) is 3.89. The summed E-state index contributed by atoms with van der Waals surface area (Å²) in [6.45, 7) is 7.50. The minimum atomic E-state index is 0.153. The molecule has 0 aromatic carbocycles. The summed E-state index contributed by atoms with van der Waals surface area (Å²) < 4.78 is 7.58. The summed E-state index contributed by atoms with van der Waals surface area (Å²) in [5.74, 6) is 2.10. The Morgan fingerprint density at radius 3 is 3.14 bits per heavy atom. The van der Waals surface area contributed by atoms with Crippen molar-refractivity contribution in [2.45, 2.75) is 52.0 Å². The van der Waals surface area contributed by atoms with E-state index in [0.29, 0.717) is 18.3 Å². The fourth-order valence-electron chi connectivity index (χ4n) is 2.79. The highest BCUT2D eigenvalue weighted by Gasteiger charge is 2.17. The molecular weight excluding hydrogens is 266 g/mol. The van der Waals surface area contributed by atoms with Crippen LogP contribution in [0, 0.1) is 5.92 Å². The molecule has 5 heteroatoms. The molecule has 1 amide bonds. The Labute approximate surface area is 127 Å². The second kappa shape index (κ2) is 8.17. The number of hydrogen-bond donors (Lipinski definition) is 1. The molecule has 1 aromatic heterocycles. The molecule has 0 spiro atoms. The Morgan fingerprint density at radius 1 is 1.57 bits per heavy atom. The highest BCUT2D eigenvalue weighted by atomic mass is 16.5. The predicted molar refractivity (Wildman–Crippen MR) is 82.1 cm³/mol. The van der Waals surface area contributed by atoms with Crippen LogP contribution in [0.1, 0.15) is 51.3 Å². The zero-order chi connectivity index (χ0) is 15.1. The van der Waals surface area contributed by atoms with E-state index in [9.17, 15) is 4.79 Å². The fourth-order valence-corrected chi connectivity index (χ4v) is 2.79. The van der Waals surface area contributed by atoms with Gasteiger partial charge in [0, 0.05) is 51.0 Å². The zero-order valence-electron chi connectivity index (χ0n) is 13.2. The molecule has 5 nitrogen and oxygen atoms in total. The lowest BCUT2D eigenvalue weighted by molar-refractivity contribution is -0.123. The second-order valence-electron chi connectivity index (χ2n) is 6.12. The number of aromatic nitrogens is 2. The van der Waals surface area contributed by atoms with Gasteiger partial charge in [0.05, 0.1) is 0 Å². The van der Waals surface area contributed by atoms with Crippen molar-refractivity contribution < 1.29 is 9.53 Å². The van der Waals surface area contributed by atoms with E-state index in [-0.39, 0.29) is 5.91 Å². The van der Waals surface area contributed by atoms with Crippen molar-refractivity contribution in [1.82, 2.24) is 14.9 Å². The minimum Gasteiger partial charge on any atom is -0.381 e. The molecule has 0 saturated carbocycles. The van der Waals surface area contributed by atoms with Gasteiger partial charge in [-0.3, -0.25) is 4.79 Å². The first kappa shape index (κ1) is 16.0. The van der Waals surface area contributed by atoms with Gasteiger partial charge in [-0.25, -0.2) is 4.98 Å². The van der Waals surface area contributed by atoms with E-state index in [1.54, 1.807) is 0 Å². The maximum absolute atomic E-state index is 11.9. The monoisotopic (exact) mass is 293 g/mol. The van der Waals surface area contributed by atoms with Crippen molar-refractivity contribution in [2.75, 3.05) is 19.8 Å². The summed E-state index contributed by atoms with van der Waals surface area (Å²) in [5.41, 5.74) is 0. The standard InChI is InChI=1S/C16H27N3O2/c1-13(2)16-18-7-9-19(16)8-4-6-17-15(20)11-14-5-3-10-21-12-14/h7,9,13-14H,3-6,8,10-12H2,1-2H3,(H,17,20)/t14-/m0/s1. The predicted octanol–water partition coefficient (Wildman–Crippen LogP) is 2.33. The Hall–Kier alpha value is -1.36. The molecule has 1 atom stereocenters. The Bertz CT molecular complexity index is 436. The van der Waals surface area contributed by atoms with Crippen LogP contribution in [0.15, 0.2) is 12.4 Å². The summed E-state index contributed by atoms with van der Waals surface area (Å²) in [5, 5.41) is 3.01. The van der Waals surface area contributed by atoms with E-state index in [2.05, 4.69) is 28.7 Å². The number of nitrogens with one attached hydrogen (secondary N) is 1. The van der Waals surface area contributed by atoms with Gasteiger partial charge in [0.1, 0.15) is 5.82 Å².